The zero-order valence-electron chi connectivity index (χ0n) is 8.21. The van der Waals surface area contributed by atoms with Gasteiger partial charge in [0, 0.05) is 6.07 Å². The maximum Gasteiger partial charge on any atom is 0.182 e. The highest BCUT2D eigenvalue weighted by Gasteiger charge is 2.05. The molecule has 0 saturated heterocycles. The largest absolute Gasteiger partial charge is 0.361 e. The van der Waals surface area contributed by atoms with Crippen molar-refractivity contribution in [2.75, 3.05) is 5.32 Å². The molecule has 0 atom stereocenters. The molecule has 3 aromatic rings. The predicted octanol–water partition coefficient (Wildman–Crippen LogP) is 0.953. The van der Waals surface area contributed by atoms with Crippen LogP contribution in [0.3, 0.4) is 0 Å². The lowest BCUT2D eigenvalue weighted by molar-refractivity contribution is 0.388. The summed E-state index contributed by atoms with van der Waals surface area (Å²) in [6.45, 7) is 0.519. The molecule has 3 rings (SSSR count). The molecule has 80 valence electrons. The molecule has 7 nitrogen and oxygen atoms in total. The fourth-order valence-electron chi connectivity index (χ4n) is 1.40. The van der Waals surface area contributed by atoms with Crippen molar-refractivity contribution < 1.29 is 4.52 Å². The van der Waals surface area contributed by atoms with Gasteiger partial charge in [-0.2, -0.15) is 0 Å². The molecule has 3 heterocycles. The summed E-state index contributed by atoms with van der Waals surface area (Å²) in [5, 5.41) is 6.74. The van der Waals surface area contributed by atoms with Crippen LogP contribution in [0.1, 0.15) is 5.76 Å². The van der Waals surface area contributed by atoms with Crippen LogP contribution in [0.4, 0.5) is 5.82 Å². The Hall–Kier alpha value is -2.44. The molecule has 7 heteroatoms. The number of aromatic amines is 1. The first-order chi connectivity index (χ1) is 7.93. The molecule has 0 aromatic carbocycles. The summed E-state index contributed by atoms with van der Waals surface area (Å²) in [5.74, 6) is 1.44. The molecule has 0 aliphatic carbocycles. The molecular weight excluding hydrogens is 208 g/mol. The van der Waals surface area contributed by atoms with Gasteiger partial charge in [0.25, 0.3) is 0 Å². The number of nitrogens with zero attached hydrogens (tertiary/aromatic N) is 4. The number of imidazole rings is 1. The molecule has 0 bridgehead atoms. The highest BCUT2D eigenvalue weighted by Crippen LogP contribution is 2.15. The van der Waals surface area contributed by atoms with Crippen LogP contribution in [0.25, 0.3) is 11.2 Å². The minimum absolute atomic E-state index is 0.519. The summed E-state index contributed by atoms with van der Waals surface area (Å²) in [5.41, 5.74) is 1.41. The van der Waals surface area contributed by atoms with Gasteiger partial charge in [0.15, 0.2) is 17.2 Å². The van der Waals surface area contributed by atoms with E-state index in [1.165, 1.54) is 6.33 Å². The average Bonchev–Trinajstić information content (AvgIpc) is 2.97. The second-order valence-corrected chi connectivity index (χ2v) is 3.16. The van der Waals surface area contributed by atoms with Crippen LogP contribution in [0, 0.1) is 0 Å². The molecule has 3 aromatic heterocycles. The zero-order valence-corrected chi connectivity index (χ0v) is 8.21. The second kappa shape index (κ2) is 3.61. The molecular formula is C9H8N6O. The van der Waals surface area contributed by atoms with E-state index in [0.717, 1.165) is 11.3 Å². The molecule has 0 saturated carbocycles. The zero-order chi connectivity index (χ0) is 10.8. The van der Waals surface area contributed by atoms with Gasteiger partial charge in [-0.25, -0.2) is 15.0 Å². The number of rotatable bonds is 3. The third kappa shape index (κ3) is 1.48. The predicted molar refractivity (Wildman–Crippen MR) is 55.5 cm³/mol. The standard InChI is InChI=1S/C9H8N6O/c1-2-15-16-6(1)3-10-8-7-9(12-4-11-7)14-5-13-8/h1-2,4-5H,3H2,(H2,10,11,12,13,14). The fraction of sp³-hybridized carbons (Fsp3) is 0.111. The summed E-state index contributed by atoms with van der Waals surface area (Å²) in [4.78, 5) is 15.2. The number of hydrogen-bond acceptors (Lipinski definition) is 6. The highest BCUT2D eigenvalue weighted by atomic mass is 16.5. The highest BCUT2D eigenvalue weighted by molar-refractivity contribution is 5.81. The number of nitrogens with one attached hydrogen (secondary N) is 2. The molecule has 0 aliphatic rings. The number of aromatic nitrogens is 5. The van der Waals surface area contributed by atoms with E-state index >= 15 is 0 Å². The first-order valence-electron chi connectivity index (χ1n) is 4.71. The smallest absolute Gasteiger partial charge is 0.182 e. The van der Waals surface area contributed by atoms with Gasteiger partial charge in [0.2, 0.25) is 0 Å². The lowest BCUT2D eigenvalue weighted by Crippen LogP contribution is -2.01. The molecule has 0 spiro atoms. The van der Waals surface area contributed by atoms with Crippen LogP contribution >= 0.6 is 0 Å². The van der Waals surface area contributed by atoms with E-state index in [0.29, 0.717) is 18.0 Å². The quantitative estimate of drug-likeness (QED) is 0.677. The van der Waals surface area contributed by atoms with Gasteiger partial charge < -0.3 is 14.8 Å². The van der Waals surface area contributed by atoms with Gasteiger partial charge in [0.05, 0.1) is 19.1 Å². The van der Waals surface area contributed by atoms with E-state index in [1.807, 2.05) is 0 Å². The Bertz CT molecular complexity index is 587. The average molecular weight is 216 g/mol. The maximum atomic E-state index is 4.97. The molecule has 0 aliphatic heterocycles. The van der Waals surface area contributed by atoms with E-state index in [-0.39, 0.29) is 0 Å². The first kappa shape index (κ1) is 8.84. The van der Waals surface area contributed by atoms with Crippen molar-refractivity contribution in [3.63, 3.8) is 0 Å². The van der Waals surface area contributed by atoms with Gasteiger partial charge >= 0.3 is 0 Å². The number of fused-ring (bicyclic) bond motifs is 1. The summed E-state index contributed by atoms with van der Waals surface area (Å²) < 4.78 is 4.97. The van der Waals surface area contributed by atoms with Crippen molar-refractivity contribution in [1.82, 2.24) is 25.1 Å². The Morgan fingerprint density at radius 3 is 3.19 bits per heavy atom. The van der Waals surface area contributed by atoms with E-state index in [2.05, 4.69) is 30.4 Å². The topological polar surface area (TPSA) is 92.5 Å². The minimum Gasteiger partial charge on any atom is -0.361 e. The molecule has 2 N–H and O–H groups in total. The van der Waals surface area contributed by atoms with Gasteiger partial charge in [-0.05, 0) is 0 Å². The van der Waals surface area contributed by atoms with E-state index < -0.39 is 0 Å². The van der Waals surface area contributed by atoms with Gasteiger partial charge in [0.1, 0.15) is 11.8 Å². The van der Waals surface area contributed by atoms with Gasteiger partial charge in [-0.1, -0.05) is 5.16 Å². The third-order valence-electron chi connectivity index (χ3n) is 2.14. The summed E-state index contributed by atoms with van der Waals surface area (Å²) in [6, 6.07) is 1.79. The molecule has 0 amide bonds. The fourth-order valence-corrected chi connectivity index (χ4v) is 1.40. The van der Waals surface area contributed by atoms with Crippen molar-refractivity contribution in [3.8, 4) is 0 Å². The van der Waals surface area contributed by atoms with Crippen LogP contribution in [-0.2, 0) is 6.54 Å². The Labute approximate surface area is 89.9 Å². The number of H-pyrrole nitrogens is 1. The third-order valence-corrected chi connectivity index (χ3v) is 2.14. The summed E-state index contributed by atoms with van der Waals surface area (Å²) in [7, 11) is 0. The van der Waals surface area contributed by atoms with Gasteiger partial charge in [-0.15, -0.1) is 0 Å². The van der Waals surface area contributed by atoms with E-state index in [1.54, 1.807) is 18.6 Å². The van der Waals surface area contributed by atoms with Crippen LogP contribution in [-0.4, -0.2) is 25.1 Å². The van der Waals surface area contributed by atoms with Crippen molar-refractivity contribution in [2.24, 2.45) is 0 Å². The van der Waals surface area contributed by atoms with E-state index in [4.69, 9.17) is 4.52 Å². The monoisotopic (exact) mass is 216 g/mol. The van der Waals surface area contributed by atoms with Crippen LogP contribution in [0.15, 0.2) is 29.4 Å². The van der Waals surface area contributed by atoms with Crippen molar-refractivity contribution in [3.05, 3.63) is 30.7 Å². The first-order valence-corrected chi connectivity index (χ1v) is 4.71. The Morgan fingerprint density at radius 1 is 1.31 bits per heavy atom. The number of hydrogen-bond donors (Lipinski definition) is 2. The van der Waals surface area contributed by atoms with Crippen LogP contribution < -0.4 is 5.32 Å². The van der Waals surface area contributed by atoms with Crippen LogP contribution in [0.5, 0.6) is 0 Å². The minimum atomic E-state index is 0.519. The summed E-state index contributed by atoms with van der Waals surface area (Å²) in [6.07, 6.45) is 4.65. The van der Waals surface area contributed by atoms with Crippen molar-refractivity contribution >= 4 is 17.0 Å². The Morgan fingerprint density at radius 2 is 2.31 bits per heavy atom. The maximum absolute atomic E-state index is 4.97. The second-order valence-electron chi connectivity index (χ2n) is 3.16. The van der Waals surface area contributed by atoms with Crippen molar-refractivity contribution in [2.45, 2.75) is 6.54 Å². The lowest BCUT2D eigenvalue weighted by atomic mass is 10.4. The van der Waals surface area contributed by atoms with Crippen LogP contribution in [0.2, 0.25) is 0 Å². The normalized spacial score (nSPS) is 10.8. The van der Waals surface area contributed by atoms with E-state index in [9.17, 15) is 0 Å². The number of anilines is 1. The lowest BCUT2D eigenvalue weighted by Gasteiger charge is -2.02. The molecule has 0 unspecified atom stereocenters. The molecule has 0 fully saturated rings. The Balaban J connectivity index is 1.86. The molecule has 16 heavy (non-hydrogen) atoms. The van der Waals surface area contributed by atoms with Gasteiger partial charge in [-0.3, -0.25) is 0 Å². The SMILES string of the molecule is c1cc(CNc2ncnc3nc[nH]c23)on1. The Kier molecular flexibility index (Phi) is 1.99. The summed E-state index contributed by atoms with van der Waals surface area (Å²) >= 11 is 0. The van der Waals surface area contributed by atoms with Crippen molar-refractivity contribution in [1.29, 1.82) is 0 Å². The molecule has 0 radical (unpaired) electrons.